The molecule has 0 radical (unpaired) electrons. The van der Waals surface area contributed by atoms with Crippen LogP contribution in [0.5, 0.6) is 0 Å². The lowest BCUT2D eigenvalue weighted by Gasteiger charge is -2.34. The van der Waals surface area contributed by atoms with Crippen LogP contribution in [-0.2, 0) is 10.0 Å². The third-order valence-electron chi connectivity index (χ3n) is 7.32. The molecule has 40 heavy (non-hydrogen) atoms. The van der Waals surface area contributed by atoms with Crippen LogP contribution < -0.4 is 26.4 Å². The molecule has 0 aliphatic carbocycles. The maximum atomic E-state index is 12.1. The molecule has 7 N–H and O–H groups in total. The molecule has 1 aliphatic heterocycles. The Bertz CT molecular complexity index is 1580. The largest absolute Gasteiger partial charge is 0.384 e. The quantitative estimate of drug-likeness (QED) is 0.165. The van der Waals surface area contributed by atoms with Gasteiger partial charge in [0.25, 0.3) is 0 Å². The van der Waals surface area contributed by atoms with Gasteiger partial charge in [-0.25, -0.2) is 13.6 Å². The Kier molecular flexibility index (Phi) is 8.16. The van der Waals surface area contributed by atoms with Crippen LogP contribution in [0.15, 0.2) is 108 Å². The molecule has 9 heteroatoms. The molecule has 2 unspecified atom stereocenters. The van der Waals surface area contributed by atoms with Crippen molar-refractivity contribution >= 4 is 27.2 Å². The second kappa shape index (κ2) is 11.9. The van der Waals surface area contributed by atoms with Crippen molar-refractivity contribution in [2.24, 2.45) is 10.9 Å². The molecule has 1 fully saturated rings. The maximum absolute atomic E-state index is 12.1. The van der Waals surface area contributed by atoms with Crippen LogP contribution in [0, 0.1) is 5.41 Å². The molecule has 1 saturated heterocycles. The van der Waals surface area contributed by atoms with Crippen LogP contribution >= 0.6 is 0 Å². The van der Waals surface area contributed by atoms with E-state index in [1.807, 2.05) is 48.5 Å². The summed E-state index contributed by atoms with van der Waals surface area (Å²) in [6.07, 6.45) is 0. The van der Waals surface area contributed by atoms with Gasteiger partial charge >= 0.3 is 0 Å². The number of hydrogen-bond acceptors (Lipinski definition) is 6. The smallest absolute Gasteiger partial charge is 0.238 e. The summed E-state index contributed by atoms with van der Waals surface area (Å²) in [4.78, 5) is 2.50. The van der Waals surface area contributed by atoms with Crippen molar-refractivity contribution < 1.29 is 8.42 Å². The zero-order valence-corrected chi connectivity index (χ0v) is 22.9. The summed E-state index contributed by atoms with van der Waals surface area (Å²) in [6.45, 7) is 3.13. The normalized spacial score (nSPS) is 17.7. The lowest BCUT2D eigenvalue weighted by molar-refractivity contribution is 0.598. The average Bonchev–Trinajstić information content (AvgIpc) is 3.19. The minimum absolute atomic E-state index is 0.0492. The lowest BCUT2D eigenvalue weighted by atomic mass is 9.98. The molecular formula is C31H34N6O2S. The van der Waals surface area contributed by atoms with Crippen LogP contribution in [0.4, 0.5) is 11.4 Å². The van der Waals surface area contributed by atoms with Gasteiger partial charge in [-0.15, -0.1) is 0 Å². The standard InChI is InChI=1S/C31H34N6O2S/c32-31(33)24-9-6-10-27(17-24)37-21-25(22-7-2-1-3-8-22)18-35-19-28(37)20-36-26-15-13-23(14-16-26)29-11-4-5-12-30(29)40(34,38)39/h1-17,25,28,35-36H,18-21H2,(H3,32,33)(H2,34,38,39). The highest BCUT2D eigenvalue weighted by atomic mass is 32.2. The highest BCUT2D eigenvalue weighted by Crippen LogP contribution is 2.29. The topological polar surface area (TPSA) is 137 Å². The first-order valence-corrected chi connectivity index (χ1v) is 14.8. The van der Waals surface area contributed by atoms with Crippen LogP contribution in [0.3, 0.4) is 0 Å². The molecule has 0 saturated carbocycles. The monoisotopic (exact) mass is 554 g/mol. The number of nitrogens with two attached hydrogens (primary N) is 2. The van der Waals surface area contributed by atoms with E-state index in [2.05, 4.69) is 45.9 Å². The minimum atomic E-state index is -3.83. The number of hydrogen-bond donors (Lipinski definition) is 5. The molecule has 0 bridgehead atoms. The zero-order chi connectivity index (χ0) is 28.1. The second-order valence-electron chi connectivity index (χ2n) is 10.0. The molecule has 2 atom stereocenters. The number of primary sulfonamides is 1. The van der Waals surface area contributed by atoms with Gasteiger partial charge in [0.05, 0.1) is 10.9 Å². The van der Waals surface area contributed by atoms with Gasteiger partial charge in [0.2, 0.25) is 10.0 Å². The Morgan fingerprint density at radius 1 is 0.925 bits per heavy atom. The van der Waals surface area contributed by atoms with Gasteiger partial charge < -0.3 is 21.3 Å². The van der Waals surface area contributed by atoms with Gasteiger partial charge in [-0.05, 0) is 41.5 Å². The number of amidine groups is 1. The number of nitrogens with one attached hydrogen (secondary N) is 3. The Labute approximate surface area is 235 Å². The predicted molar refractivity (Wildman–Crippen MR) is 162 cm³/mol. The number of rotatable bonds is 8. The highest BCUT2D eigenvalue weighted by Gasteiger charge is 2.27. The molecule has 1 aliphatic rings. The molecule has 0 spiro atoms. The molecule has 206 valence electrons. The van der Waals surface area contributed by atoms with Crippen molar-refractivity contribution in [3.05, 3.63) is 114 Å². The zero-order valence-electron chi connectivity index (χ0n) is 22.1. The van der Waals surface area contributed by atoms with Crippen LogP contribution in [0.1, 0.15) is 17.0 Å². The number of anilines is 2. The average molecular weight is 555 g/mol. The Morgan fingerprint density at radius 3 is 2.38 bits per heavy atom. The van der Waals surface area contributed by atoms with E-state index >= 15 is 0 Å². The number of benzene rings is 4. The van der Waals surface area contributed by atoms with Crippen molar-refractivity contribution in [2.75, 3.05) is 36.4 Å². The molecule has 5 rings (SSSR count). The maximum Gasteiger partial charge on any atom is 0.238 e. The number of nitrogen functional groups attached to an aromatic ring is 1. The first kappa shape index (κ1) is 27.4. The first-order chi connectivity index (χ1) is 19.3. The van der Waals surface area contributed by atoms with Crippen LogP contribution in [0.2, 0.25) is 0 Å². The van der Waals surface area contributed by atoms with Crippen molar-refractivity contribution in [3.8, 4) is 11.1 Å². The predicted octanol–water partition coefficient (Wildman–Crippen LogP) is 3.96. The molecule has 4 aromatic carbocycles. The van der Waals surface area contributed by atoms with Gasteiger partial charge in [0, 0.05) is 54.6 Å². The summed E-state index contributed by atoms with van der Waals surface area (Å²) >= 11 is 0. The fraction of sp³-hybridized carbons (Fsp3) is 0.194. The fourth-order valence-corrected chi connectivity index (χ4v) is 6.00. The Balaban J connectivity index is 1.37. The van der Waals surface area contributed by atoms with Gasteiger partial charge in [0.1, 0.15) is 5.84 Å². The van der Waals surface area contributed by atoms with E-state index in [0.717, 1.165) is 36.6 Å². The van der Waals surface area contributed by atoms with E-state index in [-0.39, 0.29) is 16.8 Å². The van der Waals surface area contributed by atoms with Crippen LogP contribution in [-0.4, -0.2) is 46.5 Å². The number of nitrogens with zero attached hydrogens (tertiary/aromatic N) is 1. The summed E-state index contributed by atoms with van der Waals surface area (Å²) in [5.41, 5.74) is 11.1. The van der Waals surface area contributed by atoms with E-state index in [1.54, 1.807) is 18.2 Å². The minimum Gasteiger partial charge on any atom is -0.384 e. The molecule has 1 heterocycles. The van der Waals surface area contributed by atoms with E-state index in [0.29, 0.717) is 23.6 Å². The third kappa shape index (κ3) is 6.34. The Hall–Kier alpha value is -4.18. The molecular weight excluding hydrogens is 520 g/mol. The molecule has 4 aromatic rings. The summed E-state index contributed by atoms with van der Waals surface area (Å²) in [6, 6.07) is 33.0. The number of sulfonamides is 1. The van der Waals surface area contributed by atoms with Gasteiger partial charge in [-0.3, -0.25) is 5.41 Å². The molecule has 8 nitrogen and oxygen atoms in total. The summed E-state index contributed by atoms with van der Waals surface area (Å²) < 4.78 is 24.1. The first-order valence-electron chi connectivity index (χ1n) is 13.2. The summed E-state index contributed by atoms with van der Waals surface area (Å²) in [5.74, 6) is 0.346. The molecule has 0 aromatic heterocycles. The van der Waals surface area contributed by atoms with Crippen molar-refractivity contribution in [3.63, 3.8) is 0 Å². The van der Waals surface area contributed by atoms with Crippen molar-refractivity contribution in [1.82, 2.24) is 5.32 Å². The highest BCUT2D eigenvalue weighted by molar-refractivity contribution is 7.89. The Morgan fingerprint density at radius 2 is 1.65 bits per heavy atom. The van der Waals surface area contributed by atoms with Gasteiger partial charge in [-0.2, -0.15) is 0 Å². The van der Waals surface area contributed by atoms with E-state index in [9.17, 15) is 8.42 Å². The lowest BCUT2D eigenvalue weighted by Crippen LogP contribution is -2.45. The van der Waals surface area contributed by atoms with E-state index in [4.69, 9.17) is 16.3 Å². The molecule has 0 amide bonds. The van der Waals surface area contributed by atoms with Crippen molar-refractivity contribution in [2.45, 2.75) is 16.9 Å². The summed E-state index contributed by atoms with van der Waals surface area (Å²) in [7, 11) is -3.83. The fourth-order valence-electron chi connectivity index (χ4n) is 5.24. The second-order valence-corrected chi connectivity index (χ2v) is 11.6. The SMILES string of the molecule is N=C(N)c1cccc(N2CC(c3ccccc3)CNCC2CNc2ccc(-c3ccccc3S(N)(=O)=O)cc2)c1. The van der Waals surface area contributed by atoms with Crippen molar-refractivity contribution in [1.29, 1.82) is 5.41 Å². The van der Waals surface area contributed by atoms with Crippen LogP contribution in [0.25, 0.3) is 11.1 Å². The van der Waals surface area contributed by atoms with Gasteiger partial charge in [0.15, 0.2) is 0 Å². The van der Waals surface area contributed by atoms with E-state index in [1.165, 1.54) is 11.6 Å². The third-order valence-corrected chi connectivity index (χ3v) is 8.29. The van der Waals surface area contributed by atoms with Gasteiger partial charge in [-0.1, -0.05) is 72.8 Å². The van der Waals surface area contributed by atoms with E-state index < -0.39 is 10.0 Å². The summed E-state index contributed by atoms with van der Waals surface area (Å²) in [5, 5.41) is 20.6.